The van der Waals surface area contributed by atoms with E-state index in [2.05, 4.69) is 50.5 Å². The Bertz CT molecular complexity index is 431. The number of hydrogen-bond acceptors (Lipinski definition) is 2. The molecule has 1 saturated carbocycles. The number of methoxy groups -OCH3 is 1. The Morgan fingerprint density at radius 1 is 1.40 bits per heavy atom. The van der Waals surface area contributed by atoms with E-state index in [-0.39, 0.29) is 5.60 Å². The maximum Gasteiger partial charge on any atom is 0.0836 e. The molecule has 0 aromatic heterocycles. The van der Waals surface area contributed by atoms with E-state index in [0.29, 0.717) is 6.04 Å². The van der Waals surface area contributed by atoms with Gasteiger partial charge in [-0.3, -0.25) is 0 Å². The molecule has 2 nitrogen and oxygen atoms in total. The van der Waals surface area contributed by atoms with Crippen LogP contribution in [0.4, 0.5) is 0 Å². The van der Waals surface area contributed by atoms with E-state index in [0.717, 1.165) is 12.3 Å². The van der Waals surface area contributed by atoms with Crippen LogP contribution in [0.25, 0.3) is 0 Å². The minimum absolute atomic E-state index is 0.00526. The van der Waals surface area contributed by atoms with E-state index in [1.54, 1.807) is 0 Å². The molecule has 0 spiro atoms. The first-order chi connectivity index (χ1) is 9.61. The van der Waals surface area contributed by atoms with Crippen LogP contribution in [-0.2, 0) is 11.2 Å². The fourth-order valence-corrected chi connectivity index (χ4v) is 3.80. The van der Waals surface area contributed by atoms with Crippen molar-refractivity contribution in [2.45, 2.75) is 57.6 Å². The first-order valence-corrected chi connectivity index (χ1v) is 7.88. The van der Waals surface area contributed by atoms with Gasteiger partial charge in [-0.2, -0.15) is 0 Å². The van der Waals surface area contributed by atoms with Crippen molar-refractivity contribution in [3.05, 3.63) is 35.4 Å². The summed E-state index contributed by atoms with van der Waals surface area (Å²) in [6, 6.07) is 9.08. The van der Waals surface area contributed by atoms with Gasteiger partial charge >= 0.3 is 0 Å². The molecule has 1 N–H and O–H groups in total. The molecule has 3 unspecified atom stereocenters. The lowest BCUT2D eigenvalue weighted by molar-refractivity contribution is -0.0775. The predicted octanol–water partition coefficient (Wildman–Crippen LogP) is 3.72. The van der Waals surface area contributed by atoms with Gasteiger partial charge in [0.15, 0.2) is 0 Å². The molecule has 2 rings (SSSR count). The van der Waals surface area contributed by atoms with Crippen LogP contribution in [0.3, 0.4) is 0 Å². The van der Waals surface area contributed by atoms with Crippen LogP contribution >= 0.6 is 0 Å². The van der Waals surface area contributed by atoms with E-state index >= 15 is 0 Å². The normalized spacial score (nSPS) is 28.3. The second-order valence-electron chi connectivity index (χ2n) is 6.44. The molecule has 1 aromatic rings. The number of rotatable bonds is 5. The number of hydrogen-bond donors (Lipinski definition) is 1. The maximum absolute atomic E-state index is 6.05. The average molecular weight is 275 g/mol. The van der Waals surface area contributed by atoms with Crippen LogP contribution < -0.4 is 5.32 Å². The minimum atomic E-state index is -0.00526. The quantitative estimate of drug-likeness (QED) is 0.884. The SMILES string of the molecule is CNC(Cc1ccccc1C)C1(OC)CCCC(C)C1. The Morgan fingerprint density at radius 2 is 2.15 bits per heavy atom. The molecule has 0 aliphatic heterocycles. The van der Waals surface area contributed by atoms with E-state index in [1.165, 1.54) is 36.8 Å². The Morgan fingerprint density at radius 3 is 2.75 bits per heavy atom. The van der Waals surface area contributed by atoms with Crippen molar-refractivity contribution in [3.8, 4) is 0 Å². The van der Waals surface area contributed by atoms with Crippen molar-refractivity contribution in [3.63, 3.8) is 0 Å². The molecule has 112 valence electrons. The van der Waals surface area contributed by atoms with E-state index in [9.17, 15) is 0 Å². The highest BCUT2D eigenvalue weighted by atomic mass is 16.5. The molecule has 0 bridgehead atoms. The summed E-state index contributed by atoms with van der Waals surface area (Å²) in [5, 5.41) is 3.53. The van der Waals surface area contributed by atoms with Crippen molar-refractivity contribution >= 4 is 0 Å². The van der Waals surface area contributed by atoms with Gasteiger partial charge in [0.05, 0.1) is 5.60 Å². The summed E-state index contributed by atoms with van der Waals surface area (Å²) >= 11 is 0. The van der Waals surface area contributed by atoms with Gasteiger partial charge in [0.1, 0.15) is 0 Å². The molecule has 1 aliphatic rings. The number of likely N-dealkylation sites (N-methyl/N-ethyl adjacent to an activating group) is 1. The minimum Gasteiger partial charge on any atom is -0.377 e. The van der Waals surface area contributed by atoms with Gasteiger partial charge in [0.2, 0.25) is 0 Å². The zero-order valence-corrected chi connectivity index (χ0v) is 13.4. The average Bonchev–Trinajstić information content (AvgIpc) is 2.46. The molecule has 20 heavy (non-hydrogen) atoms. The first-order valence-electron chi connectivity index (χ1n) is 7.88. The van der Waals surface area contributed by atoms with Crippen molar-refractivity contribution in [2.75, 3.05) is 14.2 Å². The van der Waals surface area contributed by atoms with Crippen molar-refractivity contribution in [1.82, 2.24) is 5.32 Å². The molecular formula is C18H29NO. The third kappa shape index (κ3) is 3.24. The van der Waals surface area contributed by atoms with Crippen LogP contribution in [0.1, 0.15) is 43.7 Å². The Balaban J connectivity index is 2.19. The molecule has 0 heterocycles. The second-order valence-corrected chi connectivity index (χ2v) is 6.44. The lowest BCUT2D eigenvalue weighted by Crippen LogP contribution is -2.54. The summed E-state index contributed by atoms with van der Waals surface area (Å²) in [6.07, 6.45) is 6.00. The predicted molar refractivity (Wildman–Crippen MR) is 85.1 cm³/mol. The molecule has 1 aliphatic carbocycles. The molecule has 0 saturated heterocycles. The van der Waals surface area contributed by atoms with E-state index in [4.69, 9.17) is 4.74 Å². The highest BCUT2D eigenvalue weighted by Gasteiger charge is 2.41. The smallest absolute Gasteiger partial charge is 0.0836 e. The van der Waals surface area contributed by atoms with Crippen LogP contribution in [-0.4, -0.2) is 25.8 Å². The molecule has 0 amide bonds. The molecule has 1 aromatic carbocycles. The fraction of sp³-hybridized carbons (Fsp3) is 0.667. The van der Waals surface area contributed by atoms with Crippen molar-refractivity contribution in [1.29, 1.82) is 0 Å². The highest BCUT2D eigenvalue weighted by Crippen LogP contribution is 2.38. The van der Waals surface area contributed by atoms with Gasteiger partial charge in [-0.05, 0) is 50.3 Å². The summed E-state index contributed by atoms with van der Waals surface area (Å²) in [5.74, 6) is 0.761. The van der Waals surface area contributed by atoms with Gasteiger partial charge in [0.25, 0.3) is 0 Å². The van der Waals surface area contributed by atoms with Crippen LogP contribution in [0, 0.1) is 12.8 Å². The zero-order chi connectivity index (χ0) is 14.6. The molecule has 2 heteroatoms. The fourth-order valence-electron chi connectivity index (χ4n) is 3.80. The zero-order valence-electron chi connectivity index (χ0n) is 13.4. The van der Waals surface area contributed by atoms with E-state index in [1.807, 2.05) is 7.11 Å². The monoisotopic (exact) mass is 275 g/mol. The third-order valence-electron chi connectivity index (χ3n) is 5.07. The topological polar surface area (TPSA) is 21.3 Å². The highest BCUT2D eigenvalue weighted by molar-refractivity contribution is 5.27. The third-order valence-corrected chi connectivity index (χ3v) is 5.07. The second kappa shape index (κ2) is 6.73. The van der Waals surface area contributed by atoms with Gasteiger partial charge in [0, 0.05) is 13.2 Å². The van der Waals surface area contributed by atoms with Crippen LogP contribution in [0.5, 0.6) is 0 Å². The van der Waals surface area contributed by atoms with Crippen molar-refractivity contribution < 1.29 is 4.74 Å². The van der Waals surface area contributed by atoms with Crippen LogP contribution in [0.2, 0.25) is 0 Å². The first kappa shape index (κ1) is 15.5. The standard InChI is InChI=1S/C18H29NO/c1-14-8-7-11-18(13-14,20-4)17(19-3)12-16-10-6-5-9-15(16)2/h5-6,9-10,14,17,19H,7-8,11-13H2,1-4H3. The number of aryl methyl sites for hydroxylation is 1. The Hall–Kier alpha value is -0.860. The summed E-state index contributed by atoms with van der Waals surface area (Å²) in [6.45, 7) is 4.55. The Labute approximate surface area is 123 Å². The van der Waals surface area contributed by atoms with Gasteiger partial charge in [-0.15, -0.1) is 0 Å². The molecular weight excluding hydrogens is 246 g/mol. The Kier molecular flexibility index (Phi) is 5.22. The number of ether oxygens (including phenoxy) is 1. The molecule has 3 atom stereocenters. The lowest BCUT2D eigenvalue weighted by atomic mass is 9.73. The lowest BCUT2D eigenvalue weighted by Gasteiger charge is -2.44. The molecule has 0 radical (unpaired) electrons. The maximum atomic E-state index is 6.05. The van der Waals surface area contributed by atoms with Gasteiger partial charge in [-0.25, -0.2) is 0 Å². The summed E-state index contributed by atoms with van der Waals surface area (Å²) in [7, 11) is 3.96. The van der Waals surface area contributed by atoms with Crippen molar-refractivity contribution in [2.24, 2.45) is 5.92 Å². The van der Waals surface area contributed by atoms with Gasteiger partial charge < -0.3 is 10.1 Å². The van der Waals surface area contributed by atoms with Crippen LogP contribution in [0.15, 0.2) is 24.3 Å². The summed E-state index contributed by atoms with van der Waals surface area (Å²) in [5.41, 5.74) is 2.80. The summed E-state index contributed by atoms with van der Waals surface area (Å²) in [4.78, 5) is 0. The van der Waals surface area contributed by atoms with Gasteiger partial charge in [-0.1, -0.05) is 44.0 Å². The van der Waals surface area contributed by atoms with E-state index < -0.39 is 0 Å². The number of benzene rings is 1. The number of nitrogens with one attached hydrogen (secondary N) is 1. The summed E-state index contributed by atoms with van der Waals surface area (Å²) < 4.78 is 6.05. The largest absolute Gasteiger partial charge is 0.377 e. The molecule has 1 fully saturated rings.